The summed E-state index contributed by atoms with van der Waals surface area (Å²) < 4.78 is 5.07. The summed E-state index contributed by atoms with van der Waals surface area (Å²) in [6.45, 7) is 8.13. The maximum atomic E-state index is 12.0. The first-order chi connectivity index (χ1) is 8.72. The van der Waals surface area contributed by atoms with E-state index < -0.39 is 11.4 Å². The minimum atomic E-state index is -1.11. The predicted molar refractivity (Wildman–Crippen MR) is 70.8 cm³/mol. The summed E-state index contributed by atoms with van der Waals surface area (Å²) >= 11 is 0. The largest absolute Gasteiger partial charge is 0.475 e. The van der Waals surface area contributed by atoms with Crippen LogP contribution in [0.25, 0.3) is 0 Å². The molecule has 0 aliphatic carbocycles. The highest BCUT2D eigenvalue weighted by Crippen LogP contribution is 2.25. The van der Waals surface area contributed by atoms with E-state index in [1.165, 1.54) is 6.07 Å². The molecule has 0 saturated carbocycles. The number of nitrogens with one attached hydrogen (secondary N) is 1. The van der Waals surface area contributed by atoms with Crippen molar-refractivity contribution in [3.8, 4) is 0 Å². The van der Waals surface area contributed by atoms with Crippen LogP contribution in [0.3, 0.4) is 0 Å². The van der Waals surface area contributed by atoms with Crippen molar-refractivity contribution in [3.63, 3.8) is 0 Å². The highest BCUT2D eigenvalue weighted by atomic mass is 16.4. The molecule has 19 heavy (non-hydrogen) atoms. The van der Waals surface area contributed by atoms with Gasteiger partial charge in [-0.15, -0.1) is 0 Å². The molecule has 1 rings (SSSR count). The second kappa shape index (κ2) is 5.91. The van der Waals surface area contributed by atoms with Crippen LogP contribution >= 0.6 is 0 Å². The molecule has 0 fully saturated rings. The minimum Gasteiger partial charge on any atom is -0.475 e. The van der Waals surface area contributed by atoms with Crippen molar-refractivity contribution in [2.75, 3.05) is 0 Å². The zero-order valence-corrected chi connectivity index (χ0v) is 11.8. The monoisotopic (exact) mass is 267 g/mol. The van der Waals surface area contributed by atoms with E-state index >= 15 is 0 Å². The van der Waals surface area contributed by atoms with E-state index in [-0.39, 0.29) is 18.2 Å². The molecule has 1 heterocycles. The molecule has 0 unspecified atom stereocenters. The molecule has 0 spiro atoms. The van der Waals surface area contributed by atoms with E-state index in [0.29, 0.717) is 11.7 Å². The lowest BCUT2D eigenvalue weighted by atomic mass is 9.83. The number of carbonyl (C=O) groups excluding carboxylic acids is 1. The number of carbonyl (C=O) groups is 2. The Hall–Kier alpha value is -1.78. The summed E-state index contributed by atoms with van der Waals surface area (Å²) in [4.78, 5) is 22.7. The summed E-state index contributed by atoms with van der Waals surface area (Å²) in [5.41, 5.74) is -0.448. The fraction of sp³-hybridized carbons (Fsp3) is 0.571. The first-order valence-electron chi connectivity index (χ1n) is 6.32. The molecule has 1 aromatic rings. The molecule has 0 saturated heterocycles. The van der Waals surface area contributed by atoms with Crippen molar-refractivity contribution in [2.45, 2.75) is 40.7 Å². The standard InChI is InChI=1S/C14H21NO4/c1-9(2)7-14(3,4)13(18)15-8-10-5-6-11(19-10)12(16)17/h5-6,9H,7-8H2,1-4H3,(H,15,18)(H,16,17). The number of carboxylic acids is 1. The van der Waals surface area contributed by atoms with Gasteiger partial charge in [0.1, 0.15) is 5.76 Å². The molecule has 5 nitrogen and oxygen atoms in total. The van der Waals surface area contributed by atoms with Crippen molar-refractivity contribution in [3.05, 3.63) is 23.7 Å². The Labute approximate surface area is 113 Å². The molecular formula is C14H21NO4. The topological polar surface area (TPSA) is 79.5 Å². The highest BCUT2D eigenvalue weighted by molar-refractivity contribution is 5.84. The predicted octanol–water partition coefficient (Wildman–Crippen LogP) is 2.67. The van der Waals surface area contributed by atoms with Crippen LogP contribution in [0.15, 0.2) is 16.5 Å². The Morgan fingerprint density at radius 2 is 2.00 bits per heavy atom. The summed E-state index contributed by atoms with van der Waals surface area (Å²) in [5.74, 6) is -0.424. The number of carboxylic acid groups (broad SMARTS) is 1. The molecule has 1 aromatic heterocycles. The van der Waals surface area contributed by atoms with Gasteiger partial charge < -0.3 is 14.8 Å². The van der Waals surface area contributed by atoms with Gasteiger partial charge in [-0.1, -0.05) is 27.7 Å². The number of hydrogen-bond acceptors (Lipinski definition) is 3. The average molecular weight is 267 g/mol. The third kappa shape index (κ3) is 4.43. The lowest BCUT2D eigenvalue weighted by molar-refractivity contribution is -0.130. The van der Waals surface area contributed by atoms with Gasteiger partial charge in [-0.3, -0.25) is 4.79 Å². The van der Waals surface area contributed by atoms with Gasteiger partial charge in [-0.05, 0) is 24.5 Å². The van der Waals surface area contributed by atoms with E-state index in [2.05, 4.69) is 19.2 Å². The van der Waals surface area contributed by atoms with Crippen molar-refractivity contribution in [2.24, 2.45) is 11.3 Å². The van der Waals surface area contributed by atoms with Crippen LogP contribution < -0.4 is 5.32 Å². The molecule has 0 radical (unpaired) electrons. The number of aromatic carboxylic acids is 1. The van der Waals surface area contributed by atoms with Crippen molar-refractivity contribution >= 4 is 11.9 Å². The lowest BCUT2D eigenvalue weighted by Crippen LogP contribution is -2.37. The molecule has 0 aromatic carbocycles. The molecule has 5 heteroatoms. The Kier molecular flexibility index (Phi) is 4.75. The molecule has 2 N–H and O–H groups in total. The average Bonchev–Trinajstić information content (AvgIpc) is 2.72. The van der Waals surface area contributed by atoms with E-state index in [1.807, 2.05) is 13.8 Å². The third-order valence-electron chi connectivity index (χ3n) is 2.83. The van der Waals surface area contributed by atoms with Gasteiger partial charge in [-0.25, -0.2) is 4.79 Å². The van der Waals surface area contributed by atoms with Crippen LogP contribution in [-0.2, 0) is 11.3 Å². The first-order valence-corrected chi connectivity index (χ1v) is 6.32. The minimum absolute atomic E-state index is 0.0607. The summed E-state index contributed by atoms with van der Waals surface area (Å²) in [7, 11) is 0. The second-order valence-corrected chi connectivity index (χ2v) is 5.74. The Morgan fingerprint density at radius 3 is 2.47 bits per heavy atom. The van der Waals surface area contributed by atoms with Crippen molar-refractivity contribution in [1.82, 2.24) is 5.32 Å². The molecule has 0 aliphatic heterocycles. The summed E-state index contributed by atoms with van der Waals surface area (Å²) in [6.07, 6.45) is 0.789. The van der Waals surface area contributed by atoms with Gasteiger partial charge in [-0.2, -0.15) is 0 Å². The van der Waals surface area contributed by atoms with Gasteiger partial charge in [0.05, 0.1) is 6.54 Å². The smallest absolute Gasteiger partial charge is 0.371 e. The van der Waals surface area contributed by atoms with Gasteiger partial charge in [0.25, 0.3) is 0 Å². The van der Waals surface area contributed by atoms with Crippen LogP contribution in [0.5, 0.6) is 0 Å². The number of rotatable bonds is 6. The number of amides is 1. The van der Waals surface area contributed by atoms with E-state index in [4.69, 9.17) is 9.52 Å². The van der Waals surface area contributed by atoms with Crippen LogP contribution in [0.2, 0.25) is 0 Å². The molecule has 106 valence electrons. The van der Waals surface area contributed by atoms with Crippen LogP contribution in [-0.4, -0.2) is 17.0 Å². The SMILES string of the molecule is CC(C)CC(C)(C)C(=O)NCc1ccc(C(=O)O)o1. The van der Waals surface area contributed by atoms with E-state index in [9.17, 15) is 9.59 Å². The van der Waals surface area contributed by atoms with Crippen LogP contribution in [0.1, 0.15) is 50.4 Å². The van der Waals surface area contributed by atoms with E-state index in [1.54, 1.807) is 6.07 Å². The summed E-state index contributed by atoms with van der Waals surface area (Å²) in [6, 6.07) is 2.93. The van der Waals surface area contributed by atoms with Gasteiger partial charge in [0.2, 0.25) is 11.7 Å². The Balaban J connectivity index is 2.56. The van der Waals surface area contributed by atoms with Gasteiger partial charge >= 0.3 is 5.97 Å². The lowest BCUT2D eigenvalue weighted by Gasteiger charge is -2.25. The highest BCUT2D eigenvalue weighted by Gasteiger charge is 2.28. The molecular weight excluding hydrogens is 246 g/mol. The fourth-order valence-corrected chi connectivity index (χ4v) is 2.11. The molecule has 0 bridgehead atoms. The van der Waals surface area contributed by atoms with Crippen LogP contribution in [0, 0.1) is 11.3 Å². The quantitative estimate of drug-likeness (QED) is 0.830. The maximum absolute atomic E-state index is 12.0. The van der Waals surface area contributed by atoms with Crippen molar-refractivity contribution < 1.29 is 19.1 Å². The summed E-state index contributed by atoms with van der Waals surface area (Å²) in [5, 5.41) is 11.5. The molecule has 1 amide bonds. The third-order valence-corrected chi connectivity index (χ3v) is 2.83. The second-order valence-electron chi connectivity index (χ2n) is 5.74. The van der Waals surface area contributed by atoms with Gasteiger partial charge in [0, 0.05) is 5.41 Å². The fourth-order valence-electron chi connectivity index (χ4n) is 2.11. The number of furan rings is 1. The number of hydrogen-bond donors (Lipinski definition) is 2. The molecule has 0 aliphatic rings. The molecule has 0 atom stereocenters. The van der Waals surface area contributed by atoms with Gasteiger partial charge in [0.15, 0.2) is 0 Å². The normalized spacial score (nSPS) is 11.6. The first kappa shape index (κ1) is 15.3. The van der Waals surface area contributed by atoms with E-state index in [0.717, 1.165) is 6.42 Å². The van der Waals surface area contributed by atoms with Crippen molar-refractivity contribution in [1.29, 1.82) is 0 Å². The maximum Gasteiger partial charge on any atom is 0.371 e. The Morgan fingerprint density at radius 1 is 1.37 bits per heavy atom. The zero-order chi connectivity index (χ0) is 14.6. The van der Waals surface area contributed by atoms with Crippen LogP contribution in [0.4, 0.5) is 0 Å². The zero-order valence-electron chi connectivity index (χ0n) is 11.8. The Bertz CT molecular complexity index is 460.